The van der Waals surface area contributed by atoms with E-state index in [1.54, 1.807) is 0 Å². The number of fused-ring (bicyclic) bond motifs is 1. The van der Waals surface area contributed by atoms with Crippen molar-refractivity contribution in [3.63, 3.8) is 0 Å². The Balaban J connectivity index is 1.76. The first kappa shape index (κ1) is 13.9. The highest BCUT2D eigenvalue weighted by atomic mass is 35.5. The number of rotatable bonds is 3. The van der Waals surface area contributed by atoms with Gasteiger partial charge in [0.1, 0.15) is 11.5 Å². The number of amides is 1. The summed E-state index contributed by atoms with van der Waals surface area (Å²) in [5, 5.41) is 12.1. The van der Waals surface area contributed by atoms with Crippen LogP contribution in [0.3, 0.4) is 0 Å². The normalized spacial score (nSPS) is 21.0. The lowest BCUT2D eigenvalue weighted by molar-refractivity contribution is -0.145. The second-order valence-corrected chi connectivity index (χ2v) is 5.56. The lowest BCUT2D eigenvalue weighted by Gasteiger charge is -2.32. The van der Waals surface area contributed by atoms with E-state index < -0.39 is 23.6 Å². The molecule has 0 radical (unpaired) electrons. The highest BCUT2D eigenvalue weighted by Crippen LogP contribution is 2.30. The van der Waals surface area contributed by atoms with Crippen molar-refractivity contribution in [1.29, 1.82) is 0 Å². The van der Waals surface area contributed by atoms with E-state index in [4.69, 9.17) is 16.7 Å². The number of aliphatic carboxylic acids is 1. The summed E-state index contributed by atoms with van der Waals surface area (Å²) in [6, 6.07) is 3.88. The van der Waals surface area contributed by atoms with Gasteiger partial charge in [-0.2, -0.15) is 0 Å². The molecule has 5 nitrogen and oxygen atoms in total. The summed E-state index contributed by atoms with van der Waals surface area (Å²) in [5.74, 6) is -2.09. The van der Waals surface area contributed by atoms with Crippen molar-refractivity contribution in [3.8, 4) is 0 Å². The molecule has 0 atom stereocenters. The molecule has 110 valence electrons. The van der Waals surface area contributed by atoms with E-state index >= 15 is 0 Å². The van der Waals surface area contributed by atoms with Gasteiger partial charge in [0.2, 0.25) is 0 Å². The predicted molar refractivity (Wildman–Crippen MR) is 74.9 cm³/mol. The summed E-state index contributed by atoms with van der Waals surface area (Å²) in [5.41, 5.74) is 0.736. The Morgan fingerprint density at radius 3 is 2.76 bits per heavy atom. The van der Waals surface area contributed by atoms with Gasteiger partial charge >= 0.3 is 5.97 Å². The van der Waals surface area contributed by atoms with Crippen molar-refractivity contribution >= 4 is 34.4 Å². The molecule has 3 rings (SSSR count). The standard InChI is InChI=1S/C14H12ClFN2O3/c15-11-9-5-7(16)1-2-10(9)18-12(11)13(19)17-8-3-6(4-8)14(20)21/h1-2,5-6,8,18H,3-4H2,(H,17,19)(H,20,21). The van der Waals surface area contributed by atoms with E-state index in [-0.39, 0.29) is 16.8 Å². The van der Waals surface area contributed by atoms with E-state index in [0.717, 1.165) is 0 Å². The third-order valence-electron chi connectivity index (χ3n) is 3.75. The third-order valence-corrected chi connectivity index (χ3v) is 4.14. The minimum absolute atomic E-state index is 0.163. The maximum Gasteiger partial charge on any atom is 0.306 e. The van der Waals surface area contributed by atoms with Crippen LogP contribution < -0.4 is 5.32 Å². The number of aromatic amines is 1. The largest absolute Gasteiger partial charge is 0.481 e. The quantitative estimate of drug-likeness (QED) is 0.815. The van der Waals surface area contributed by atoms with Gasteiger partial charge in [-0.25, -0.2) is 4.39 Å². The number of carboxylic acids is 1. The number of benzene rings is 1. The fourth-order valence-corrected chi connectivity index (χ4v) is 2.77. The number of carbonyl (C=O) groups is 2. The van der Waals surface area contributed by atoms with Crippen molar-refractivity contribution in [2.24, 2.45) is 5.92 Å². The van der Waals surface area contributed by atoms with E-state index in [0.29, 0.717) is 23.7 Å². The zero-order valence-electron chi connectivity index (χ0n) is 10.8. The minimum atomic E-state index is -0.848. The van der Waals surface area contributed by atoms with Crippen LogP contribution >= 0.6 is 11.6 Å². The molecule has 1 heterocycles. The summed E-state index contributed by atoms with van der Waals surface area (Å²) in [6.45, 7) is 0. The Hall–Kier alpha value is -2.08. The van der Waals surface area contributed by atoms with Gasteiger partial charge in [0.05, 0.1) is 10.9 Å². The second-order valence-electron chi connectivity index (χ2n) is 5.18. The lowest BCUT2D eigenvalue weighted by atomic mass is 9.80. The number of nitrogens with one attached hydrogen (secondary N) is 2. The number of hydrogen-bond donors (Lipinski definition) is 3. The van der Waals surface area contributed by atoms with Crippen LogP contribution in [0, 0.1) is 11.7 Å². The van der Waals surface area contributed by atoms with Crippen LogP contribution in [0.25, 0.3) is 10.9 Å². The summed E-state index contributed by atoms with van der Waals surface area (Å²) in [4.78, 5) is 25.7. The Bertz CT molecular complexity index is 737. The van der Waals surface area contributed by atoms with Crippen molar-refractivity contribution < 1.29 is 19.1 Å². The summed E-state index contributed by atoms with van der Waals surface area (Å²) in [7, 11) is 0. The Morgan fingerprint density at radius 2 is 2.10 bits per heavy atom. The second kappa shape index (κ2) is 5.04. The first-order valence-electron chi connectivity index (χ1n) is 6.46. The molecule has 1 aliphatic carbocycles. The third kappa shape index (κ3) is 2.47. The van der Waals surface area contributed by atoms with Gasteiger partial charge in [-0.1, -0.05) is 11.6 Å². The molecule has 7 heteroatoms. The first-order chi connectivity index (χ1) is 9.95. The molecule has 2 aromatic rings. The average Bonchev–Trinajstić information content (AvgIpc) is 2.70. The smallest absolute Gasteiger partial charge is 0.306 e. The highest BCUT2D eigenvalue weighted by molar-refractivity contribution is 6.38. The average molecular weight is 311 g/mol. The van der Waals surface area contributed by atoms with E-state index in [1.165, 1.54) is 18.2 Å². The molecule has 0 bridgehead atoms. The molecule has 1 fully saturated rings. The zero-order valence-corrected chi connectivity index (χ0v) is 11.6. The van der Waals surface area contributed by atoms with Crippen LogP contribution in [0.5, 0.6) is 0 Å². The van der Waals surface area contributed by atoms with Gasteiger partial charge in [-0.15, -0.1) is 0 Å². The van der Waals surface area contributed by atoms with Crippen molar-refractivity contribution in [2.75, 3.05) is 0 Å². The van der Waals surface area contributed by atoms with Crippen LogP contribution in [-0.2, 0) is 4.79 Å². The fraction of sp³-hybridized carbons (Fsp3) is 0.286. The lowest BCUT2D eigenvalue weighted by Crippen LogP contribution is -2.46. The van der Waals surface area contributed by atoms with Crippen LogP contribution in [0.15, 0.2) is 18.2 Å². The molecule has 1 saturated carbocycles. The molecule has 1 aromatic heterocycles. The van der Waals surface area contributed by atoms with E-state index in [1.807, 2.05) is 0 Å². The molecular formula is C14H12ClFN2O3. The maximum absolute atomic E-state index is 13.2. The summed E-state index contributed by atoms with van der Waals surface area (Å²) < 4.78 is 13.2. The van der Waals surface area contributed by atoms with Crippen LogP contribution in [0.2, 0.25) is 5.02 Å². The zero-order chi connectivity index (χ0) is 15.1. The van der Waals surface area contributed by atoms with Crippen molar-refractivity contribution in [3.05, 3.63) is 34.7 Å². The van der Waals surface area contributed by atoms with Gasteiger partial charge in [0, 0.05) is 16.9 Å². The molecular weight excluding hydrogens is 299 g/mol. The number of halogens is 2. The number of carbonyl (C=O) groups excluding carboxylic acids is 1. The maximum atomic E-state index is 13.2. The minimum Gasteiger partial charge on any atom is -0.481 e. The molecule has 3 N–H and O–H groups in total. The molecule has 0 aliphatic heterocycles. The molecule has 21 heavy (non-hydrogen) atoms. The number of carboxylic acid groups (broad SMARTS) is 1. The predicted octanol–water partition coefficient (Wildman–Crippen LogP) is 2.55. The van der Waals surface area contributed by atoms with Gasteiger partial charge in [-0.05, 0) is 31.0 Å². The van der Waals surface area contributed by atoms with Crippen LogP contribution in [0.4, 0.5) is 4.39 Å². The topological polar surface area (TPSA) is 82.2 Å². The molecule has 1 amide bonds. The number of hydrogen-bond acceptors (Lipinski definition) is 2. The Morgan fingerprint density at radius 1 is 1.38 bits per heavy atom. The van der Waals surface area contributed by atoms with Gasteiger partial charge < -0.3 is 15.4 Å². The number of aromatic nitrogens is 1. The van der Waals surface area contributed by atoms with Gasteiger partial charge in [-0.3, -0.25) is 9.59 Å². The van der Waals surface area contributed by atoms with Crippen LogP contribution in [-0.4, -0.2) is 28.0 Å². The first-order valence-corrected chi connectivity index (χ1v) is 6.84. The molecule has 1 aliphatic rings. The van der Waals surface area contributed by atoms with Gasteiger partial charge in [0.15, 0.2) is 0 Å². The molecule has 1 aromatic carbocycles. The van der Waals surface area contributed by atoms with Crippen molar-refractivity contribution in [2.45, 2.75) is 18.9 Å². The molecule has 0 unspecified atom stereocenters. The molecule has 0 saturated heterocycles. The highest BCUT2D eigenvalue weighted by Gasteiger charge is 2.35. The Labute approximate surface area is 124 Å². The SMILES string of the molecule is O=C(NC1CC(C(=O)O)C1)c1[nH]c2ccc(F)cc2c1Cl. The van der Waals surface area contributed by atoms with E-state index in [9.17, 15) is 14.0 Å². The van der Waals surface area contributed by atoms with Crippen molar-refractivity contribution in [1.82, 2.24) is 10.3 Å². The van der Waals surface area contributed by atoms with E-state index in [2.05, 4.69) is 10.3 Å². The van der Waals surface area contributed by atoms with Gasteiger partial charge in [0.25, 0.3) is 5.91 Å². The Kier molecular flexibility index (Phi) is 3.33. The monoisotopic (exact) mass is 310 g/mol. The summed E-state index contributed by atoms with van der Waals surface area (Å²) in [6.07, 6.45) is 0.821. The van der Waals surface area contributed by atoms with Crippen LogP contribution in [0.1, 0.15) is 23.3 Å². The molecule has 0 spiro atoms. The summed E-state index contributed by atoms with van der Waals surface area (Å²) >= 11 is 6.09. The fourth-order valence-electron chi connectivity index (χ4n) is 2.48. The number of H-pyrrole nitrogens is 1.